The van der Waals surface area contributed by atoms with Crippen LogP contribution in [0.5, 0.6) is 0 Å². The van der Waals surface area contributed by atoms with Crippen molar-refractivity contribution >= 4 is 29.0 Å². The highest BCUT2D eigenvalue weighted by Gasteiger charge is 2.11. The first-order chi connectivity index (χ1) is 12.6. The molecule has 0 fully saturated rings. The number of hydrogen-bond donors (Lipinski definition) is 3. The summed E-state index contributed by atoms with van der Waals surface area (Å²) in [6, 6.07) is 20.9. The molecular weight excluding hydrogens is 333 g/mol. The van der Waals surface area contributed by atoms with Crippen LogP contribution in [0.2, 0.25) is 0 Å². The van der Waals surface area contributed by atoms with Crippen LogP contribution in [0, 0.1) is 5.82 Å². The van der Waals surface area contributed by atoms with Crippen molar-refractivity contribution in [3.8, 4) is 0 Å². The number of rotatable bonds is 4. The Morgan fingerprint density at radius 3 is 1.96 bits per heavy atom. The van der Waals surface area contributed by atoms with Crippen LogP contribution in [0.15, 0.2) is 78.9 Å². The molecule has 26 heavy (non-hydrogen) atoms. The Morgan fingerprint density at radius 2 is 1.23 bits per heavy atom. The lowest BCUT2D eigenvalue weighted by Crippen LogP contribution is -2.19. The lowest BCUT2D eigenvalue weighted by molar-refractivity contribution is 0.102. The summed E-state index contributed by atoms with van der Waals surface area (Å²) in [6.45, 7) is 0. The van der Waals surface area contributed by atoms with E-state index in [4.69, 9.17) is 0 Å². The summed E-state index contributed by atoms with van der Waals surface area (Å²) >= 11 is 0. The quantitative estimate of drug-likeness (QED) is 0.638. The molecule has 0 radical (unpaired) electrons. The molecule has 0 aromatic heterocycles. The van der Waals surface area contributed by atoms with Gasteiger partial charge >= 0.3 is 6.03 Å². The van der Waals surface area contributed by atoms with Crippen LogP contribution < -0.4 is 16.0 Å². The topological polar surface area (TPSA) is 70.2 Å². The van der Waals surface area contributed by atoms with Crippen LogP contribution in [0.4, 0.5) is 26.2 Å². The zero-order valence-corrected chi connectivity index (χ0v) is 13.7. The molecule has 0 aliphatic rings. The minimum atomic E-state index is -0.596. The Kier molecular flexibility index (Phi) is 5.24. The van der Waals surface area contributed by atoms with Gasteiger partial charge in [0.05, 0.1) is 5.56 Å². The summed E-state index contributed by atoms with van der Waals surface area (Å²) < 4.78 is 13.7. The molecule has 0 aliphatic heterocycles. The van der Waals surface area contributed by atoms with E-state index in [1.165, 1.54) is 18.2 Å². The van der Waals surface area contributed by atoms with Crippen molar-refractivity contribution in [1.82, 2.24) is 0 Å². The van der Waals surface area contributed by atoms with Crippen molar-refractivity contribution in [2.75, 3.05) is 16.0 Å². The maximum atomic E-state index is 13.7. The lowest BCUT2D eigenvalue weighted by Gasteiger charge is -2.10. The van der Waals surface area contributed by atoms with Gasteiger partial charge in [0, 0.05) is 17.1 Å². The number of carbonyl (C=O) groups is 2. The molecule has 130 valence electrons. The number of carbonyl (C=O) groups excluding carboxylic acids is 2. The summed E-state index contributed by atoms with van der Waals surface area (Å²) in [5.41, 5.74) is 1.54. The van der Waals surface area contributed by atoms with Crippen molar-refractivity contribution in [2.24, 2.45) is 0 Å². The smallest absolute Gasteiger partial charge is 0.322 e. The Morgan fingerprint density at radius 1 is 0.654 bits per heavy atom. The molecule has 3 rings (SSSR count). The normalized spacial score (nSPS) is 10.0. The number of para-hydroxylation sites is 1. The zero-order chi connectivity index (χ0) is 18.4. The van der Waals surface area contributed by atoms with Crippen LogP contribution in [0.25, 0.3) is 0 Å². The van der Waals surface area contributed by atoms with Gasteiger partial charge in [0.2, 0.25) is 0 Å². The summed E-state index contributed by atoms with van der Waals surface area (Å²) in [7, 11) is 0. The van der Waals surface area contributed by atoms with Crippen molar-refractivity contribution < 1.29 is 14.0 Å². The molecule has 5 nitrogen and oxygen atoms in total. The van der Waals surface area contributed by atoms with Crippen LogP contribution in [0.1, 0.15) is 10.4 Å². The van der Waals surface area contributed by atoms with Gasteiger partial charge in [-0.2, -0.15) is 0 Å². The standard InChI is InChI=1S/C20H16FN3O2/c21-18-12-5-4-11-17(18)19(25)22-15-9-6-10-16(13-15)24-20(26)23-14-7-2-1-3-8-14/h1-13H,(H,22,25)(H2,23,24,26). The third-order valence-electron chi connectivity index (χ3n) is 3.53. The highest BCUT2D eigenvalue weighted by Crippen LogP contribution is 2.17. The number of hydrogen-bond acceptors (Lipinski definition) is 2. The van der Waals surface area contributed by atoms with E-state index in [0.29, 0.717) is 17.1 Å². The zero-order valence-electron chi connectivity index (χ0n) is 13.7. The summed E-state index contributed by atoms with van der Waals surface area (Å²) in [4.78, 5) is 24.2. The average Bonchev–Trinajstić information content (AvgIpc) is 2.63. The summed E-state index contributed by atoms with van der Waals surface area (Å²) in [5, 5.41) is 7.99. The number of halogens is 1. The second-order valence-electron chi connectivity index (χ2n) is 5.46. The first-order valence-electron chi connectivity index (χ1n) is 7.91. The maximum Gasteiger partial charge on any atom is 0.323 e. The lowest BCUT2D eigenvalue weighted by atomic mass is 10.2. The van der Waals surface area contributed by atoms with E-state index in [1.807, 2.05) is 18.2 Å². The predicted molar refractivity (Wildman–Crippen MR) is 99.9 cm³/mol. The summed E-state index contributed by atoms with van der Waals surface area (Å²) in [6.07, 6.45) is 0. The van der Waals surface area contributed by atoms with Gasteiger partial charge in [0.25, 0.3) is 5.91 Å². The average molecular weight is 349 g/mol. The molecule has 0 atom stereocenters. The Balaban J connectivity index is 1.65. The predicted octanol–water partition coefficient (Wildman–Crippen LogP) is 4.72. The number of urea groups is 1. The van der Waals surface area contributed by atoms with Gasteiger partial charge < -0.3 is 16.0 Å². The van der Waals surface area contributed by atoms with Gasteiger partial charge in [-0.15, -0.1) is 0 Å². The Labute approximate surface area is 149 Å². The Bertz CT molecular complexity index is 929. The fourth-order valence-electron chi connectivity index (χ4n) is 2.33. The van der Waals surface area contributed by atoms with E-state index < -0.39 is 17.8 Å². The van der Waals surface area contributed by atoms with Crippen molar-refractivity contribution in [3.05, 3.63) is 90.2 Å². The number of nitrogens with one attached hydrogen (secondary N) is 3. The fourth-order valence-corrected chi connectivity index (χ4v) is 2.33. The third-order valence-corrected chi connectivity index (χ3v) is 3.53. The highest BCUT2D eigenvalue weighted by molar-refractivity contribution is 6.05. The molecule has 0 saturated carbocycles. The SMILES string of the molecule is O=C(Nc1ccccc1)Nc1cccc(NC(=O)c2ccccc2F)c1. The van der Waals surface area contributed by atoms with Crippen molar-refractivity contribution in [2.45, 2.75) is 0 Å². The molecule has 3 amide bonds. The monoisotopic (exact) mass is 349 g/mol. The third kappa shape index (κ3) is 4.45. The van der Waals surface area contributed by atoms with Crippen molar-refractivity contribution in [3.63, 3.8) is 0 Å². The molecule has 6 heteroatoms. The minimum Gasteiger partial charge on any atom is -0.322 e. The molecule has 3 N–H and O–H groups in total. The number of benzene rings is 3. The van der Waals surface area contributed by atoms with E-state index in [-0.39, 0.29) is 5.56 Å². The fraction of sp³-hybridized carbons (Fsp3) is 0. The molecular formula is C20H16FN3O2. The van der Waals surface area contributed by atoms with Crippen molar-refractivity contribution in [1.29, 1.82) is 0 Å². The molecule has 0 aliphatic carbocycles. The van der Waals surface area contributed by atoms with Gasteiger partial charge in [-0.3, -0.25) is 4.79 Å². The molecule has 0 saturated heterocycles. The van der Waals surface area contributed by atoms with Gasteiger partial charge in [-0.25, -0.2) is 9.18 Å². The van der Waals surface area contributed by atoms with Crippen LogP contribution in [-0.4, -0.2) is 11.9 Å². The van der Waals surface area contributed by atoms with Gasteiger partial charge in [-0.1, -0.05) is 36.4 Å². The van der Waals surface area contributed by atoms with Gasteiger partial charge in [0.15, 0.2) is 0 Å². The second-order valence-corrected chi connectivity index (χ2v) is 5.46. The minimum absolute atomic E-state index is 0.0484. The van der Waals surface area contributed by atoms with E-state index >= 15 is 0 Å². The van der Waals surface area contributed by atoms with Crippen LogP contribution >= 0.6 is 0 Å². The number of anilines is 3. The number of amides is 3. The largest absolute Gasteiger partial charge is 0.323 e. The first-order valence-corrected chi connectivity index (χ1v) is 7.91. The van der Waals surface area contributed by atoms with E-state index in [9.17, 15) is 14.0 Å². The molecule has 0 heterocycles. The molecule has 0 spiro atoms. The Hall–Kier alpha value is -3.67. The highest BCUT2D eigenvalue weighted by atomic mass is 19.1. The maximum absolute atomic E-state index is 13.7. The van der Waals surface area contributed by atoms with E-state index in [1.54, 1.807) is 42.5 Å². The molecule has 0 unspecified atom stereocenters. The first kappa shape index (κ1) is 17.2. The molecule has 3 aromatic carbocycles. The van der Waals surface area contributed by atoms with Gasteiger partial charge in [0.1, 0.15) is 5.82 Å². The van der Waals surface area contributed by atoms with E-state index in [2.05, 4.69) is 16.0 Å². The molecule has 0 bridgehead atoms. The van der Waals surface area contributed by atoms with Crippen LogP contribution in [0.3, 0.4) is 0 Å². The van der Waals surface area contributed by atoms with Gasteiger partial charge in [-0.05, 0) is 42.5 Å². The van der Waals surface area contributed by atoms with E-state index in [0.717, 1.165) is 0 Å². The summed E-state index contributed by atoms with van der Waals surface area (Å²) in [5.74, 6) is -1.16. The second kappa shape index (κ2) is 7.94. The molecule has 3 aromatic rings. The van der Waals surface area contributed by atoms with Crippen LogP contribution in [-0.2, 0) is 0 Å².